The second-order valence-corrected chi connectivity index (χ2v) is 6.67. The van der Waals surface area contributed by atoms with Crippen LogP contribution in [0.1, 0.15) is 20.8 Å². The number of nitrogens with two attached hydrogens (primary N) is 1. The van der Waals surface area contributed by atoms with Gasteiger partial charge in [-0.3, -0.25) is 4.21 Å². The Kier molecular flexibility index (Phi) is 4.98. The van der Waals surface area contributed by atoms with Crippen molar-refractivity contribution < 1.29 is 8.95 Å². The largest absolute Gasteiger partial charge is 0.398 e. The average molecular weight is 276 g/mol. The van der Waals surface area contributed by atoms with Crippen molar-refractivity contribution in [3.63, 3.8) is 0 Å². The molecule has 1 rings (SSSR count). The molecule has 0 heterocycles. The third-order valence-electron chi connectivity index (χ3n) is 2.02. The van der Waals surface area contributed by atoms with Gasteiger partial charge in [0, 0.05) is 10.7 Å². The minimum Gasteiger partial charge on any atom is -0.398 e. The van der Waals surface area contributed by atoms with E-state index in [0.717, 1.165) is 0 Å². The fraction of sp³-hybridized carbons (Fsp3) is 0.500. The summed E-state index contributed by atoms with van der Waals surface area (Å²) in [6.07, 6.45) is 0. The maximum Gasteiger partial charge on any atom is 0.0619 e. The van der Waals surface area contributed by atoms with Gasteiger partial charge in [-0.1, -0.05) is 11.6 Å². The van der Waals surface area contributed by atoms with Crippen molar-refractivity contribution in [2.75, 3.05) is 18.1 Å². The van der Waals surface area contributed by atoms with Crippen LogP contribution < -0.4 is 5.73 Å². The molecule has 1 atom stereocenters. The number of halogens is 1. The van der Waals surface area contributed by atoms with Crippen LogP contribution in [-0.2, 0) is 15.5 Å². The molecule has 5 heteroatoms. The molecule has 0 aliphatic rings. The lowest BCUT2D eigenvalue weighted by Crippen LogP contribution is -2.22. The Morgan fingerprint density at radius 3 is 2.59 bits per heavy atom. The van der Waals surface area contributed by atoms with Crippen molar-refractivity contribution in [3.05, 3.63) is 23.2 Å². The standard InChI is InChI=1S/C12H18ClNO2S/c1-12(2,3)16-6-7-17(15)11-5-4-9(13)8-10(11)14/h4-5,8H,6-7,14H2,1-3H3. The van der Waals surface area contributed by atoms with Crippen LogP contribution in [0.5, 0.6) is 0 Å². The van der Waals surface area contributed by atoms with Crippen LogP contribution in [0.3, 0.4) is 0 Å². The fourth-order valence-electron chi connectivity index (χ4n) is 1.26. The van der Waals surface area contributed by atoms with E-state index in [2.05, 4.69) is 0 Å². The number of ether oxygens (including phenoxy) is 1. The third kappa shape index (κ3) is 5.06. The van der Waals surface area contributed by atoms with Gasteiger partial charge in [0.25, 0.3) is 0 Å². The van der Waals surface area contributed by atoms with Gasteiger partial charge in [0.1, 0.15) is 0 Å². The monoisotopic (exact) mass is 275 g/mol. The van der Waals surface area contributed by atoms with Crippen LogP contribution in [-0.4, -0.2) is 22.2 Å². The van der Waals surface area contributed by atoms with Crippen LogP contribution in [0.4, 0.5) is 5.69 Å². The highest BCUT2D eigenvalue weighted by molar-refractivity contribution is 7.85. The molecule has 0 aliphatic heterocycles. The summed E-state index contributed by atoms with van der Waals surface area (Å²) >= 11 is 5.78. The maximum absolute atomic E-state index is 12.0. The highest BCUT2D eigenvalue weighted by atomic mass is 35.5. The van der Waals surface area contributed by atoms with Crippen LogP contribution in [0.25, 0.3) is 0 Å². The summed E-state index contributed by atoms with van der Waals surface area (Å²) in [6.45, 7) is 6.34. The molecule has 96 valence electrons. The Bertz CT molecular complexity index is 415. The summed E-state index contributed by atoms with van der Waals surface area (Å²) in [6, 6.07) is 5.00. The van der Waals surface area contributed by atoms with Crippen molar-refractivity contribution in [2.45, 2.75) is 31.3 Å². The van der Waals surface area contributed by atoms with E-state index in [9.17, 15) is 4.21 Å². The summed E-state index contributed by atoms with van der Waals surface area (Å²) in [5.41, 5.74) is 6.01. The predicted octanol–water partition coefficient (Wildman–Crippen LogP) is 2.84. The Hall–Kier alpha value is -0.580. The van der Waals surface area contributed by atoms with Gasteiger partial charge >= 0.3 is 0 Å². The summed E-state index contributed by atoms with van der Waals surface area (Å²) in [5, 5.41) is 0.550. The lowest BCUT2D eigenvalue weighted by molar-refractivity contribution is 0.00669. The van der Waals surface area contributed by atoms with Gasteiger partial charge in [0.05, 0.1) is 33.7 Å². The van der Waals surface area contributed by atoms with Gasteiger partial charge < -0.3 is 10.5 Å². The van der Waals surface area contributed by atoms with Crippen LogP contribution in [0.2, 0.25) is 5.02 Å². The molecule has 2 N–H and O–H groups in total. The highest BCUT2D eigenvalue weighted by Gasteiger charge is 2.12. The first-order chi connectivity index (χ1) is 7.79. The third-order valence-corrected chi connectivity index (χ3v) is 3.66. The van der Waals surface area contributed by atoms with Crippen molar-refractivity contribution in [1.82, 2.24) is 0 Å². The Labute approximate surface area is 110 Å². The van der Waals surface area contributed by atoms with E-state index in [1.165, 1.54) is 0 Å². The predicted molar refractivity (Wildman–Crippen MR) is 72.8 cm³/mol. The molecule has 0 aliphatic carbocycles. The van der Waals surface area contributed by atoms with E-state index >= 15 is 0 Å². The van der Waals surface area contributed by atoms with E-state index in [1.807, 2.05) is 20.8 Å². The van der Waals surface area contributed by atoms with Gasteiger partial charge in [0.15, 0.2) is 0 Å². The molecule has 17 heavy (non-hydrogen) atoms. The molecule has 0 radical (unpaired) electrons. The van der Waals surface area contributed by atoms with Gasteiger partial charge in [-0.25, -0.2) is 0 Å². The van der Waals surface area contributed by atoms with Gasteiger partial charge in [-0.15, -0.1) is 0 Å². The van der Waals surface area contributed by atoms with Crippen molar-refractivity contribution in [1.29, 1.82) is 0 Å². The molecule has 0 fully saturated rings. The smallest absolute Gasteiger partial charge is 0.0619 e. The summed E-state index contributed by atoms with van der Waals surface area (Å²) < 4.78 is 17.5. The molecule has 1 unspecified atom stereocenters. The first-order valence-electron chi connectivity index (χ1n) is 5.37. The summed E-state index contributed by atoms with van der Waals surface area (Å²) in [7, 11) is -1.15. The maximum atomic E-state index is 12.0. The van der Waals surface area contributed by atoms with Crippen LogP contribution >= 0.6 is 11.6 Å². The van der Waals surface area contributed by atoms with Gasteiger partial charge in [0.2, 0.25) is 0 Å². The van der Waals surface area contributed by atoms with Crippen LogP contribution in [0.15, 0.2) is 23.1 Å². The molecule has 1 aromatic rings. The number of hydrogen-bond acceptors (Lipinski definition) is 3. The number of rotatable bonds is 4. The molecule has 0 bridgehead atoms. The van der Waals surface area contributed by atoms with E-state index < -0.39 is 10.8 Å². The summed E-state index contributed by atoms with van der Waals surface area (Å²) in [5.74, 6) is 0.434. The number of hydrogen-bond donors (Lipinski definition) is 1. The second-order valence-electron chi connectivity index (χ2n) is 4.69. The number of anilines is 1. The van der Waals surface area contributed by atoms with Crippen molar-refractivity contribution in [2.24, 2.45) is 0 Å². The Morgan fingerprint density at radius 2 is 2.06 bits per heavy atom. The molecule has 1 aromatic carbocycles. The molecule has 0 saturated heterocycles. The molecule has 0 saturated carbocycles. The van der Waals surface area contributed by atoms with E-state index in [-0.39, 0.29) is 5.60 Å². The number of nitrogen functional groups attached to an aromatic ring is 1. The zero-order chi connectivity index (χ0) is 13.1. The van der Waals surface area contributed by atoms with Crippen LogP contribution in [0, 0.1) is 0 Å². The SMILES string of the molecule is CC(C)(C)OCCS(=O)c1ccc(Cl)cc1N. The lowest BCUT2D eigenvalue weighted by atomic mass is 10.2. The zero-order valence-corrected chi connectivity index (χ0v) is 11.9. The lowest BCUT2D eigenvalue weighted by Gasteiger charge is -2.19. The topological polar surface area (TPSA) is 52.3 Å². The summed E-state index contributed by atoms with van der Waals surface area (Å²) in [4.78, 5) is 0.618. The van der Waals surface area contributed by atoms with E-state index in [4.69, 9.17) is 22.1 Å². The molecular weight excluding hydrogens is 258 g/mol. The fourth-order valence-corrected chi connectivity index (χ4v) is 2.44. The first-order valence-corrected chi connectivity index (χ1v) is 7.06. The van der Waals surface area contributed by atoms with Crippen molar-refractivity contribution >= 4 is 28.1 Å². The molecule has 0 aromatic heterocycles. The Balaban J connectivity index is 2.59. The minimum atomic E-state index is -1.15. The average Bonchev–Trinajstić information content (AvgIpc) is 2.15. The highest BCUT2D eigenvalue weighted by Crippen LogP contribution is 2.21. The Morgan fingerprint density at radius 1 is 1.41 bits per heavy atom. The first kappa shape index (κ1) is 14.5. The normalized spacial score (nSPS) is 13.6. The molecule has 3 nitrogen and oxygen atoms in total. The zero-order valence-electron chi connectivity index (χ0n) is 10.3. The molecular formula is C12H18ClNO2S. The minimum absolute atomic E-state index is 0.213. The molecule has 0 spiro atoms. The van der Waals surface area contributed by atoms with Crippen molar-refractivity contribution in [3.8, 4) is 0 Å². The molecule has 0 amide bonds. The number of benzene rings is 1. The quantitative estimate of drug-likeness (QED) is 0.860. The van der Waals surface area contributed by atoms with Gasteiger partial charge in [-0.2, -0.15) is 0 Å². The second kappa shape index (κ2) is 5.85. The van der Waals surface area contributed by atoms with E-state index in [0.29, 0.717) is 28.0 Å². The van der Waals surface area contributed by atoms with E-state index in [1.54, 1.807) is 18.2 Å². The van der Waals surface area contributed by atoms with Gasteiger partial charge in [-0.05, 0) is 39.0 Å².